The van der Waals surface area contributed by atoms with Crippen molar-refractivity contribution in [1.29, 1.82) is 0 Å². The fourth-order valence-electron chi connectivity index (χ4n) is 1.14. The number of nitrogens with two attached hydrogens (primary N) is 2. The first-order valence-corrected chi connectivity index (χ1v) is 4.27. The first-order chi connectivity index (χ1) is 5.72. The molecule has 1 rings (SSSR count). The molecule has 0 aromatic heterocycles. The van der Waals surface area contributed by atoms with Crippen molar-refractivity contribution in [3.63, 3.8) is 0 Å². The number of anilines is 1. The van der Waals surface area contributed by atoms with E-state index in [4.69, 9.17) is 11.5 Å². The van der Waals surface area contributed by atoms with Crippen molar-refractivity contribution in [3.05, 3.63) is 29.8 Å². The van der Waals surface area contributed by atoms with Crippen molar-refractivity contribution in [2.75, 3.05) is 12.3 Å². The van der Waals surface area contributed by atoms with Crippen LogP contribution in [0.15, 0.2) is 24.3 Å². The van der Waals surface area contributed by atoms with Gasteiger partial charge in [0.1, 0.15) is 0 Å². The van der Waals surface area contributed by atoms with Gasteiger partial charge in [-0.15, -0.1) is 0 Å². The highest BCUT2D eigenvalue weighted by Gasteiger charge is 1.99. The summed E-state index contributed by atoms with van der Waals surface area (Å²) in [5.74, 6) is 0.550. The Kier molecular flexibility index (Phi) is 3.11. The summed E-state index contributed by atoms with van der Waals surface area (Å²) < 4.78 is 0. The predicted molar refractivity (Wildman–Crippen MR) is 52.8 cm³/mol. The molecule has 1 unspecified atom stereocenters. The minimum atomic E-state index is 0.550. The molecular formula is C10H16N2. The van der Waals surface area contributed by atoms with Crippen LogP contribution in [0.2, 0.25) is 0 Å². The highest BCUT2D eigenvalue weighted by atomic mass is 14.5. The Morgan fingerprint density at radius 3 is 2.33 bits per heavy atom. The molecule has 0 aliphatic carbocycles. The van der Waals surface area contributed by atoms with Gasteiger partial charge in [0.15, 0.2) is 0 Å². The number of benzene rings is 1. The van der Waals surface area contributed by atoms with Crippen LogP contribution in [0.1, 0.15) is 12.5 Å². The molecule has 0 bridgehead atoms. The van der Waals surface area contributed by atoms with Crippen LogP contribution in [0.3, 0.4) is 0 Å². The highest BCUT2D eigenvalue weighted by Crippen LogP contribution is 2.09. The van der Waals surface area contributed by atoms with Gasteiger partial charge in [-0.25, -0.2) is 0 Å². The summed E-state index contributed by atoms with van der Waals surface area (Å²) in [7, 11) is 0. The van der Waals surface area contributed by atoms with E-state index in [0.717, 1.165) is 18.7 Å². The SMILES string of the molecule is CC(CN)Cc1ccc(N)cc1. The van der Waals surface area contributed by atoms with Crippen molar-refractivity contribution in [2.45, 2.75) is 13.3 Å². The average Bonchev–Trinajstić information content (AvgIpc) is 2.09. The summed E-state index contributed by atoms with van der Waals surface area (Å²) in [5.41, 5.74) is 13.2. The van der Waals surface area contributed by atoms with Gasteiger partial charge in [-0.1, -0.05) is 19.1 Å². The smallest absolute Gasteiger partial charge is 0.0314 e. The van der Waals surface area contributed by atoms with Crippen LogP contribution in [-0.4, -0.2) is 6.54 Å². The van der Waals surface area contributed by atoms with Crippen LogP contribution < -0.4 is 11.5 Å². The zero-order chi connectivity index (χ0) is 8.97. The third kappa shape index (κ3) is 2.55. The quantitative estimate of drug-likeness (QED) is 0.663. The summed E-state index contributed by atoms with van der Waals surface area (Å²) in [6, 6.07) is 7.97. The zero-order valence-electron chi connectivity index (χ0n) is 7.46. The lowest BCUT2D eigenvalue weighted by Crippen LogP contribution is -2.12. The number of hydrogen-bond donors (Lipinski definition) is 2. The summed E-state index contributed by atoms with van der Waals surface area (Å²) in [5, 5.41) is 0. The molecule has 0 aliphatic heterocycles. The van der Waals surface area contributed by atoms with Gasteiger partial charge in [0.25, 0.3) is 0 Å². The van der Waals surface area contributed by atoms with Crippen molar-refractivity contribution in [1.82, 2.24) is 0 Å². The van der Waals surface area contributed by atoms with Gasteiger partial charge in [0.2, 0.25) is 0 Å². The fourth-order valence-corrected chi connectivity index (χ4v) is 1.14. The lowest BCUT2D eigenvalue weighted by atomic mass is 10.0. The summed E-state index contributed by atoms with van der Waals surface area (Å²) in [6.07, 6.45) is 1.04. The molecule has 1 aromatic carbocycles. The maximum Gasteiger partial charge on any atom is 0.0314 e. The van der Waals surface area contributed by atoms with E-state index in [2.05, 4.69) is 19.1 Å². The van der Waals surface area contributed by atoms with E-state index in [1.807, 2.05) is 12.1 Å². The van der Waals surface area contributed by atoms with Crippen LogP contribution >= 0.6 is 0 Å². The van der Waals surface area contributed by atoms with E-state index in [1.165, 1.54) is 5.56 Å². The number of nitrogen functional groups attached to an aromatic ring is 1. The number of rotatable bonds is 3. The normalized spacial score (nSPS) is 12.8. The summed E-state index contributed by atoms with van der Waals surface area (Å²) in [4.78, 5) is 0. The van der Waals surface area contributed by atoms with Crippen LogP contribution in [0.5, 0.6) is 0 Å². The van der Waals surface area contributed by atoms with E-state index in [-0.39, 0.29) is 0 Å². The van der Waals surface area contributed by atoms with Gasteiger partial charge >= 0.3 is 0 Å². The Labute approximate surface area is 73.6 Å². The fraction of sp³-hybridized carbons (Fsp3) is 0.400. The van der Waals surface area contributed by atoms with Gasteiger partial charge in [-0.2, -0.15) is 0 Å². The Balaban J connectivity index is 2.58. The molecule has 1 aromatic rings. The van der Waals surface area contributed by atoms with E-state index in [9.17, 15) is 0 Å². The summed E-state index contributed by atoms with van der Waals surface area (Å²) >= 11 is 0. The van der Waals surface area contributed by atoms with Gasteiger partial charge in [-0.3, -0.25) is 0 Å². The predicted octanol–water partition coefficient (Wildman–Crippen LogP) is 1.41. The second kappa shape index (κ2) is 4.12. The molecule has 12 heavy (non-hydrogen) atoms. The molecule has 0 radical (unpaired) electrons. The number of hydrogen-bond acceptors (Lipinski definition) is 2. The minimum Gasteiger partial charge on any atom is -0.399 e. The van der Waals surface area contributed by atoms with Gasteiger partial charge in [0, 0.05) is 5.69 Å². The first-order valence-electron chi connectivity index (χ1n) is 4.27. The molecule has 0 aliphatic rings. The topological polar surface area (TPSA) is 52.0 Å². The molecule has 66 valence electrons. The van der Waals surface area contributed by atoms with Crippen molar-refractivity contribution in [2.24, 2.45) is 11.7 Å². The Morgan fingerprint density at radius 1 is 1.25 bits per heavy atom. The molecule has 2 nitrogen and oxygen atoms in total. The maximum atomic E-state index is 5.57. The first kappa shape index (κ1) is 9.07. The van der Waals surface area contributed by atoms with Gasteiger partial charge in [0.05, 0.1) is 0 Å². The molecule has 0 saturated heterocycles. The van der Waals surface area contributed by atoms with Crippen LogP contribution in [0, 0.1) is 5.92 Å². The minimum absolute atomic E-state index is 0.550. The molecule has 0 saturated carbocycles. The second-order valence-electron chi connectivity index (χ2n) is 3.29. The van der Waals surface area contributed by atoms with Crippen molar-refractivity contribution in [3.8, 4) is 0 Å². The summed E-state index contributed by atoms with van der Waals surface area (Å²) in [6.45, 7) is 2.89. The molecule has 0 spiro atoms. The van der Waals surface area contributed by atoms with Crippen molar-refractivity contribution < 1.29 is 0 Å². The maximum absolute atomic E-state index is 5.57. The van der Waals surface area contributed by atoms with E-state index >= 15 is 0 Å². The van der Waals surface area contributed by atoms with E-state index in [1.54, 1.807) is 0 Å². The van der Waals surface area contributed by atoms with Gasteiger partial charge < -0.3 is 11.5 Å². The Morgan fingerprint density at radius 2 is 1.83 bits per heavy atom. The largest absolute Gasteiger partial charge is 0.399 e. The van der Waals surface area contributed by atoms with E-state index in [0.29, 0.717) is 5.92 Å². The molecule has 4 N–H and O–H groups in total. The van der Waals surface area contributed by atoms with E-state index < -0.39 is 0 Å². The molecule has 2 heteroatoms. The second-order valence-corrected chi connectivity index (χ2v) is 3.29. The zero-order valence-corrected chi connectivity index (χ0v) is 7.46. The molecular weight excluding hydrogens is 148 g/mol. The lowest BCUT2D eigenvalue weighted by Gasteiger charge is -2.07. The lowest BCUT2D eigenvalue weighted by molar-refractivity contribution is 0.593. The molecule has 1 atom stereocenters. The monoisotopic (exact) mass is 164 g/mol. The standard InChI is InChI=1S/C10H16N2/c1-8(7-11)6-9-2-4-10(12)5-3-9/h2-5,8H,6-7,11-12H2,1H3. The third-order valence-corrected chi connectivity index (χ3v) is 1.97. The van der Waals surface area contributed by atoms with Crippen LogP contribution in [0.25, 0.3) is 0 Å². The third-order valence-electron chi connectivity index (χ3n) is 1.97. The van der Waals surface area contributed by atoms with Crippen LogP contribution in [-0.2, 0) is 6.42 Å². The van der Waals surface area contributed by atoms with Crippen LogP contribution in [0.4, 0.5) is 5.69 Å². The molecule has 0 amide bonds. The average molecular weight is 164 g/mol. The Bertz CT molecular complexity index is 228. The Hall–Kier alpha value is -1.02. The highest BCUT2D eigenvalue weighted by molar-refractivity contribution is 5.39. The molecule has 0 heterocycles. The molecule has 0 fully saturated rings. The van der Waals surface area contributed by atoms with Gasteiger partial charge in [-0.05, 0) is 36.6 Å². The van der Waals surface area contributed by atoms with Crippen molar-refractivity contribution >= 4 is 5.69 Å².